The molecule has 6 heteroatoms. The Kier molecular flexibility index (Phi) is 3.18. The first-order chi connectivity index (χ1) is 10.1. The van der Waals surface area contributed by atoms with Gasteiger partial charge in [-0.1, -0.05) is 6.07 Å². The standard InChI is InChI=1S/C15H14N4O2/c1-10-18-19-13(21-10)11-4-2-5-12(8-11)17-14(20)15(9-16)6-3-7-15/h2,4-5,8H,3,6-7H2,1H3,(H,17,20). The molecule has 21 heavy (non-hydrogen) atoms. The molecule has 0 spiro atoms. The summed E-state index contributed by atoms with van der Waals surface area (Å²) in [7, 11) is 0. The number of rotatable bonds is 3. The van der Waals surface area contributed by atoms with Crippen LogP contribution in [0.2, 0.25) is 0 Å². The minimum atomic E-state index is -0.864. The number of carbonyl (C=O) groups excluding carboxylic acids is 1. The molecule has 0 atom stereocenters. The molecule has 0 unspecified atom stereocenters. The molecule has 0 bridgehead atoms. The first kappa shape index (κ1) is 13.3. The molecule has 1 aliphatic carbocycles. The highest BCUT2D eigenvalue weighted by Crippen LogP contribution is 2.41. The highest BCUT2D eigenvalue weighted by molar-refractivity contribution is 5.98. The zero-order chi connectivity index (χ0) is 14.9. The molecular weight excluding hydrogens is 268 g/mol. The molecule has 1 fully saturated rings. The van der Waals surface area contributed by atoms with E-state index >= 15 is 0 Å². The second-order valence-electron chi connectivity index (χ2n) is 5.21. The molecule has 1 aromatic carbocycles. The fourth-order valence-corrected chi connectivity index (χ4v) is 2.31. The van der Waals surface area contributed by atoms with Crippen LogP contribution in [0, 0.1) is 23.7 Å². The third-order valence-electron chi connectivity index (χ3n) is 3.75. The average molecular weight is 282 g/mol. The number of nitrogens with one attached hydrogen (secondary N) is 1. The zero-order valence-corrected chi connectivity index (χ0v) is 11.6. The lowest BCUT2D eigenvalue weighted by Crippen LogP contribution is -2.40. The number of hydrogen-bond acceptors (Lipinski definition) is 5. The molecular formula is C15H14N4O2. The van der Waals surface area contributed by atoms with Gasteiger partial charge >= 0.3 is 0 Å². The van der Waals surface area contributed by atoms with Crippen molar-refractivity contribution >= 4 is 11.6 Å². The molecule has 3 rings (SSSR count). The van der Waals surface area contributed by atoms with Crippen LogP contribution in [-0.2, 0) is 4.79 Å². The summed E-state index contributed by atoms with van der Waals surface area (Å²) in [6, 6.07) is 9.28. The Balaban J connectivity index is 1.81. The SMILES string of the molecule is Cc1nnc(-c2cccc(NC(=O)C3(C#N)CCC3)c2)o1. The molecule has 1 N–H and O–H groups in total. The monoisotopic (exact) mass is 282 g/mol. The summed E-state index contributed by atoms with van der Waals surface area (Å²) in [4.78, 5) is 12.2. The summed E-state index contributed by atoms with van der Waals surface area (Å²) in [5.74, 6) is 0.648. The number of nitrogens with zero attached hydrogens (tertiary/aromatic N) is 3. The van der Waals surface area contributed by atoms with Crippen LogP contribution in [0.25, 0.3) is 11.5 Å². The first-order valence-corrected chi connectivity index (χ1v) is 6.76. The fourth-order valence-electron chi connectivity index (χ4n) is 2.31. The number of carbonyl (C=O) groups is 1. The quantitative estimate of drug-likeness (QED) is 0.934. The van der Waals surface area contributed by atoms with Gasteiger partial charge in [0.25, 0.3) is 0 Å². The van der Waals surface area contributed by atoms with Gasteiger partial charge in [0.1, 0.15) is 5.41 Å². The van der Waals surface area contributed by atoms with Crippen molar-refractivity contribution in [1.82, 2.24) is 10.2 Å². The Morgan fingerprint density at radius 3 is 2.81 bits per heavy atom. The highest BCUT2D eigenvalue weighted by atomic mass is 16.4. The zero-order valence-electron chi connectivity index (χ0n) is 11.6. The maximum atomic E-state index is 12.2. The summed E-state index contributed by atoms with van der Waals surface area (Å²) < 4.78 is 5.36. The molecule has 6 nitrogen and oxygen atoms in total. The lowest BCUT2D eigenvalue weighted by molar-refractivity contribution is -0.126. The lowest BCUT2D eigenvalue weighted by atomic mass is 9.69. The minimum absolute atomic E-state index is 0.241. The van der Waals surface area contributed by atoms with Gasteiger partial charge in [-0.2, -0.15) is 5.26 Å². The smallest absolute Gasteiger partial charge is 0.247 e. The number of anilines is 1. The number of aromatic nitrogens is 2. The first-order valence-electron chi connectivity index (χ1n) is 6.76. The normalized spacial score (nSPS) is 15.8. The van der Waals surface area contributed by atoms with E-state index in [9.17, 15) is 10.1 Å². The molecule has 0 radical (unpaired) electrons. The van der Waals surface area contributed by atoms with Gasteiger partial charge in [0.15, 0.2) is 0 Å². The molecule has 1 aliphatic rings. The van der Waals surface area contributed by atoms with E-state index in [2.05, 4.69) is 21.6 Å². The van der Waals surface area contributed by atoms with Crippen molar-refractivity contribution in [3.8, 4) is 17.5 Å². The van der Waals surface area contributed by atoms with Crippen LogP contribution in [0.5, 0.6) is 0 Å². The van der Waals surface area contributed by atoms with Gasteiger partial charge in [-0.25, -0.2) is 0 Å². The Morgan fingerprint density at radius 2 is 2.24 bits per heavy atom. The van der Waals surface area contributed by atoms with Crippen LogP contribution in [-0.4, -0.2) is 16.1 Å². The van der Waals surface area contributed by atoms with Crippen LogP contribution in [0.4, 0.5) is 5.69 Å². The van der Waals surface area contributed by atoms with E-state index in [4.69, 9.17) is 4.42 Å². The minimum Gasteiger partial charge on any atom is -0.421 e. The van der Waals surface area contributed by atoms with E-state index in [-0.39, 0.29) is 5.91 Å². The maximum absolute atomic E-state index is 12.2. The van der Waals surface area contributed by atoms with E-state index in [1.54, 1.807) is 25.1 Å². The van der Waals surface area contributed by atoms with Crippen molar-refractivity contribution < 1.29 is 9.21 Å². The van der Waals surface area contributed by atoms with Gasteiger partial charge in [0, 0.05) is 18.2 Å². The second-order valence-corrected chi connectivity index (χ2v) is 5.21. The Labute approximate surface area is 121 Å². The summed E-state index contributed by atoms with van der Waals surface area (Å²) >= 11 is 0. The summed E-state index contributed by atoms with van der Waals surface area (Å²) in [6.07, 6.45) is 2.16. The molecule has 1 saturated carbocycles. The molecule has 1 aromatic heterocycles. The fraction of sp³-hybridized carbons (Fsp3) is 0.333. The Morgan fingerprint density at radius 1 is 1.43 bits per heavy atom. The van der Waals surface area contributed by atoms with E-state index in [1.165, 1.54) is 0 Å². The topological polar surface area (TPSA) is 91.8 Å². The van der Waals surface area contributed by atoms with Crippen molar-refractivity contribution in [2.24, 2.45) is 5.41 Å². The number of hydrogen-bond donors (Lipinski definition) is 1. The summed E-state index contributed by atoms with van der Waals surface area (Å²) in [5.41, 5.74) is 0.486. The van der Waals surface area contributed by atoms with Gasteiger partial charge in [0.2, 0.25) is 17.7 Å². The van der Waals surface area contributed by atoms with Crippen molar-refractivity contribution in [1.29, 1.82) is 5.26 Å². The van der Waals surface area contributed by atoms with Gasteiger partial charge in [-0.05, 0) is 37.5 Å². The van der Waals surface area contributed by atoms with Crippen LogP contribution >= 0.6 is 0 Å². The molecule has 1 heterocycles. The van der Waals surface area contributed by atoms with Crippen molar-refractivity contribution in [3.05, 3.63) is 30.2 Å². The second kappa shape index (κ2) is 5.02. The van der Waals surface area contributed by atoms with E-state index in [0.717, 1.165) is 12.0 Å². The van der Waals surface area contributed by atoms with Crippen molar-refractivity contribution in [2.45, 2.75) is 26.2 Å². The number of benzene rings is 1. The third kappa shape index (κ3) is 2.38. The van der Waals surface area contributed by atoms with Crippen LogP contribution in [0.1, 0.15) is 25.2 Å². The molecule has 0 aliphatic heterocycles. The van der Waals surface area contributed by atoms with Gasteiger partial charge < -0.3 is 9.73 Å². The van der Waals surface area contributed by atoms with Gasteiger partial charge in [-0.15, -0.1) is 10.2 Å². The number of nitriles is 1. The number of aryl methyl sites for hydroxylation is 1. The molecule has 2 aromatic rings. The van der Waals surface area contributed by atoms with Crippen LogP contribution < -0.4 is 5.32 Å². The predicted octanol–water partition coefficient (Wildman–Crippen LogP) is 2.68. The van der Waals surface area contributed by atoms with Crippen molar-refractivity contribution in [3.63, 3.8) is 0 Å². The average Bonchev–Trinajstić information content (AvgIpc) is 2.85. The lowest BCUT2D eigenvalue weighted by Gasteiger charge is -2.33. The molecule has 106 valence electrons. The predicted molar refractivity (Wildman–Crippen MR) is 75.0 cm³/mol. The summed E-state index contributed by atoms with van der Waals surface area (Å²) in [6.45, 7) is 1.72. The molecule has 0 saturated heterocycles. The number of amides is 1. The van der Waals surface area contributed by atoms with Gasteiger partial charge in [0.05, 0.1) is 6.07 Å². The van der Waals surface area contributed by atoms with E-state index in [0.29, 0.717) is 30.3 Å². The van der Waals surface area contributed by atoms with Crippen LogP contribution in [0.3, 0.4) is 0 Å². The Hall–Kier alpha value is -2.68. The van der Waals surface area contributed by atoms with Crippen LogP contribution in [0.15, 0.2) is 28.7 Å². The van der Waals surface area contributed by atoms with Crippen molar-refractivity contribution in [2.75, 3.05) is 5.32 Å². The van der Waals surface area contributed by atoms with E-state index in [1.807, 2.05) is 6.07 Å². The maximum Gasteiger partial charge on any atom is 0.247 e. The third-order valence-corrected chi connectivity index (χ3v) is 3.75. The van der Waals surface area contributed by atoms with E-state index < -0.39 is 5.41 Å². The molecule has 1 amide bonds. The largest absolute Gasteiger partial charge is 0.421 e. The van der Waals surface area contributed by atoms with Gasteiger partial charge in [-0.3, -0.25) is 4.79 Å². The summed E-state index contributed by atoms with van der Waals surface area (Å²) in [5, 5.41) is 19.7. The highest BCUT2D eigenvalue weighted by Gasteiger charge is 2.44. The Bertz CT molecular complexity index is 725.